The van der Waals surface area contributed by atoms with Crippen LogP contribution in [0.3, 0.4) is 0 Å². The lowest BCUT2D eigenvalue weighted by Gasteiger charge is -2.33. The minimum atomic E-state index is 0.0278. The molecule has 1 atom stereocenters. The Hall–Kier alpha value is -1.35. The first-order valence-corrected chi connectivity index (χ1v) is 9.68. The fourth-order valence-corrected chi connectivity index (χ4v) is 4.36. The third kappa shape index (κ3) is 4.60. The molecule has 1 aliphatic carbocycles. The molecular weight excluding hydrogens is 298 g/mol. The van der Waals surface area contributed by atoms with E-state index in [1.807, 2.05) is 0 Å². The van der Waals surface area contributed by atoms with Crippen LogP contribution in [0.4, 0.5) is 0 Å². The van der Waals surface area contributed by atoms with Crippen LogP contribution in [0.2, 0.25) is 0 Å². The van der Waals surface area contributed by atoms with Crippen molar-refractivity contribution in [3.05, 3.63) is 35.9 Å². The van der Waals surface area contributed by atoms with Gasteiger partial charge in [-0.2, -0.15) is 0 Å². The zero-order chi connectivity index (χ0) is 16.7. The van der Waals surface area contributed by atoms with E-state index in [1.54, 1.807) is 0 Å². The second-order valence-corrected chi connectivity index (χ2v) is 7.60. The number of hydrogen-bond donors (Lipinski definition) is 1. The molecule has 132 valence electrons. The van der Waals surface area contributed by atoms with E-state index in [1.165, 1.54) is 37.7 Å². The number of rotatable bonds is 5. The van der Waals surface area contributed by atoms with Gasteiger partial charge in [0.15, 0.2) is 0 Å². The topological polar surface area (TPSA) is 38.3 Å². The van der Waals surface area contributed by atoms with Crippen molar-refractivity contribution in [1.82, 2.24) is 5.32 Å². The van der Waals surface area contributed by atoms with Crippen LogP contribution in [0, 0.1) is 5.92 Å². The van der Waals surface area contributed by atoms with Crippen molar-refractivity contribution in [1.29, 1.82) is 0 Å². The molecule has 1 aliphatic heterocycles. The van der Waals surface area contributed by atoms with Gasteiger partial charge in [-0.3, -0.25) is 4.79 Å². The molecule has 0 radical (unpaired) electrons. The van der Waals surface area contributed by atoms with E-state index >= 15 is 0 Å². The monoisotopic (exact) mass is 329 g/mol. The molecule has 1 aromatic rings. The summed E-state index contributed by atoms with van der Waals surface area (Å²) in [6.07, 6.45) is 10.2. The molecule has 3 rings (SSSR count). The van der Waals surface area contributed by atoms with Crippen LogP contribution in [0.25, 0.3) is 0 Å². The van der Waals surface area contributed by atoms with E-state index in [0.29, 0.717) is 12.3 Å². The lowest BCUT2D eigenvalue weighted by Crippen LogP contribution is -2.41. The minimum Gasteiger partial charge on any atom is -0.381 e. The normalized spacial score (nSPS) is 25.8. The van der Waals surface area contributed by atoms with Gasteiger partial charge >= 0.3 is 0 Å². The average Bonchev–Trinajstić information content (AvgIpc) is 2.88. The molecule has 1 saturated heterocycles. The molecule has 2 fully saturated rings. The van der Waals surface area contributed by atoms with Gasteiger partial charge in [0.2, 0.25) is 5.91 Å². The fourth-order valence-electron chi connectivity index (χ4n) is 4.36. The van der Waals surface area contributed by atoms with Gasteiger partial charge in [-0.25, -0.2) is 0 Å². The summed E-state index contributed by atoms with van der Waals surface area (Å²) in [5.74, 6) is 0.839. The van der Waals surface area contributed by atoms with Crippen molar-refractivity contribution < 1.29 is 9.53 Å². The Morgan fingerprint density at radius 3 is 2.62 bits per heavy atom. The lowest BCUT2D eigenvalue weighted by molar-refractivity contribution is -0.122. The van der Waals surface area contributed by atoms with E-state index in [2.05, 4.69) is 35.6 Å². The molecule has 3 heteroatoms. The number of amides is 1. The second kappa shape index (κ2) is 8.66. The maximum absolute atomic E-state index is 12.5. The molecule has 1 saturated carbocycles. The highest BCUT2D eigenvalue weighted by Gasteiger charge is 2.33. The van der Waals surface area contributed by atoms with Crippen molar-refractivity contribution in [2.24, 2.45) is 5.92 Å². The van der Waals surface area contributed by atoms with E-state index in [-0.39, 0.29) is 11.3 Å². The smallest absolute Gasteiger partial charge is 0.220 e. The Bertz CT molecular complexity index is 500. The minimum absolute atomic E-state index is 0.0278. The van der Waals surface area contributed by atoms with E-state index in [4.69, 9.17) is 4.74 Å². The Balaban J connectivity index is 1.62. The summed E-state index contributed by atoms with van der Waals surface area (Å²) < 4.78 is 5.69. The molecule has 1 unspecified atom stereocenters. The van der Waals surface area contributed by atoms with Crippen LogP contribution in [-0.2, 0) is 14.9 Å². The Labute approximate surface area is 146 Å². The first kappa shape index (κ1) is 17.5. The van der Waals surface area contributed by atoms with Crippen molar-refractivity contribution >= 4 is 5.91 Å². The Morgan fingerprint density at radius 1 is 1.04 bits per heavy atom. The van der Waals surface area contributed by atoms with Gasteiger partial charge in [0, 0.05) is 31.6 Å². The summed E-state index contributed by atoms with van der Waals surface area (Å²) in [4.78, 5) is 12.5. The van der Waals surface area contributed by atoms with Crippen LogP contribution in [0.5, 0.6) is 0 Å². The molecule has 2 aliphatic rings. The van der Waals surface area contributed by atoms with Gasteiger partial charge in [0.1, 0.15) is 0 Å². The average molecular weight is 329 g/mol. The van der Waals surface area contributed by atoms with Gasteiger partial charge in [-0.05, 0) is 43.6 Å². The quantitative estimate of drug-likeness (QED) is 0.879. The zero-order valence-corrected chi connectivity index (χ0v) is 14.8. The van der Waals surface area contributed by atoms with Gasteiger partial charge in [-0.1, -0.05) is 49.6 Å². The number of carbonyl (C=O) groups is 1. The summed E-state index contributed by atoms with van der Waals surface area (Å²) in [5.41, 5.74) is 1.37. The van der Waals surface area contributed by atoms with Crippen molar-refractivity contribution in [2.45, 2.75) is 63.2 Å². The van der Waals surface area contributed by atoms with Gasteiger partial charge in [0.05, 0.1) is 0 Å². The van der Waals surface area contributed by atoms with E-state index in [9.17, 15) is 4.79 Å². The molecular formula is C21H31NO2. The summed E-state index contributed by atoms with van der Waals surface area (Å²) in [7, 11) is 0. The number of hydrogen-bond acceptors (Lipinski definition) is 2. The van der Waals surface area contributed by atoms with Crippen LogP contribution in [0.1, 0.15) is 63.4 Å². The summed E-state index contributed by atoms with van der Waals surface area (Å²) in [6, 6.07) is 10.7. The lowest BCUT2D eigenvalue weighted by atomic mass is 9.74. The highest BCUT2D eigenvalue weighted by molar-refractivity contribution is 5.76. The van der Waals surface area contributed by atoms with Gasteiger partial charge < -0.3 is 10.1 Å². The fraction of sp³-hybridized carbons (Fsp3) is 0.667. The Kier molecular flexibility index (Phi) is 6.30. The number of ether oxygens (including phenoxy) is 1. The van der Waals surface area contributed by atoms with E-state index < -0.39 is 0 Å². The maximum Gasteiger partial charge on any atom is 0.220 e. The van der Waals surface area contributed by atoms with Crippen molar-refractivity contribution in [3.63, 3.8) is 0 Å². The Morgan fingerprint density at radius 2 is 1.83 bits per heavy atom. The molecule has 1 aromatic carbocycles. The zero-order valence-electron chi connectivity index (χ0n) is 14.8. The number of nitrogens with one attached hydrogen (secondary N) is 1. The highest BCUT2D eigenvalue weighted by Crippen LogP contribution is 2.34. The first-order chi connectivity index (χ1) is 11.8. The summed E-state index contributed by atoms with van der Waals surface area (Å²) in [6.45, 7) is 2.37. The molecule has 0 bridgehead atoms. The molecule has 1 N–H and O–H groups in total. The van der Waals surface area contributed by atoms with Gasteiger partial charge in [-0.15, -0.1) is 0 Å². The van der Waals surface area contributed by atoms with Gasteiger partial charge in [0.25, 0.3) is 0 Å². The molecule has 0 spiro atoms. The highest BCUT2D eigenvalue weighted by atomic mass is 16.5. The number of carbonyl (C=O) groups excluding carboxylic acids is 1. The summed E-state index contributed by atoms with van der Waals surface area (Å²) >= 11 is 0. The van der Waals surface area contributed by atoms with Crippen LogP contribution in [0.15, 0.2) is 30.3 Å². The van der Waals surface area contributed by atoms with Crippen LogP contribution < -0.4 is 5.32 Å². The van der Waals surface area contributed by atoms with E-state index in [0.717, 1.165) is 39.0 Å². The third-order valence-corrected chi connectivity index (χ3v) is 5.88. The largest absolute Gasteiger partial charge is 0.381 e. The first-order valence-electron chi connectivity index (χ1n) is 9.68. The molecule has 1 amide bonds. The SMILES string of the molecule is O=C(CC1CCCCC1)NCC1(c2ccccc2)CCCOCC1. The molecule has 1 heterocycles. The van der Waals surface area contributed by atoms with Crippen LogP contribution in [-0.4, -0.2) is 25.7 Å². The molecule has 24 heavy (non-hydrogen) atoms. The van der Waals surface area contributed by atoms with Crippen molar-refractivity contribution in [2.75, 3.05) is 19.8 Å². The van der Waals surface area contributed by atoms with Crippen molar-refractivity contribution in [3.8, 4) is 0 Å². The predicted octanol–water partition coefficient (Wildman–Crippen LogP) is 4.21. The number of benzene rings is 1. The second-order valence-electron chi connectivity index (χ2n) is 7.60. The summed E-state index contributed by atoms with van der Waals surface area (Å²) in [5, 5.41) is 3.27. The standard InChI is InChI=1S/C21H31NO2/c23-20(16-18-8-3-1-4-9-18)22-17-21(12-7-14-24-15-13-21)19-10-5-2-6-11-19/h2,5-6,10-11,18H,1,3-4,7-9,12-17H2,(H,22,23). The molecule has 3 nitrogen and oxygen atoms in total. The molecule has 0 aromatic heterocycles. The predicted molar refractivity (Wildman–Crippen MR) is 97.0 cm³/mol. The maximum atomic E-state index is 12.5. The third-order valence-electron chi connectivity index (χ3n) is 5.88. The van der Waals surface area contributed by atoms with Crippen LogP contribution >= 0.6 is 0 Å².